The smallest absolute Gasteiger partial charge is 0.111 e. The van der Waals surface area contributed by atoms with E-state index in [9.17, 15) is 0 Å². The average Bonchev–Trinajstić information content (AvgIpc) is 2.68. The molecule has 18 heavy (non-hydrogen) atoms. The van der Waals surface area contributed by atoms with E-state index < -0.39 is 0 Å². The average molecular weight is 245 g/mol. The Morgan fingerprint density at radius 1 is 1.28 bits per heavy atom. The second kappa shape index (κ2) is 6.01. The van der Waals surface area contributed by atoms with E-state index in [2.05, 4.69) is 54.9 Å². The molecular formula is C15H23N3. The number of nitrogens with zero attached hydrogens (tertiary/aromatic N) is 2. The highest BCUT2D eigenvalue weighted by atomic mass is 15.1. The summed E-state index contributed by atoms with van der Waals surface area (Å²) < 4.78 is 2.36. The summed E-state index contributed by atoms with van der Waals surface area (Å²) in [7, 11) is 0. The second-order valence-corrected chi connectivity index (χ2v) is 4.83. The van der Waals surface area contributed by atoms with Gasteiger partial charge in [0.1, 0.15) is 5.82 Å². The molecule has 0 aliphatic carbocycles. The topological polar surface area (TPSA) is 29.9 Å². The van der Waals surface area contributed by atoms with Crippen LogP contribution in [0.5, 0.6) is 0 Å². The quantitative estimate of drug-likeness (QED) is 0.848. The molecule has 0 saturated carbocycles. The van der Waals surface area contributed by atoms with Crippen molar-refractivity contribution in [2.24, 2.45) is 0 Å². The summed E-state index contributed by atoms with van der Waals surface area (Å²) in [5.74, 6) is 1.20. The number of likely N-dealkylation sites (N-methyl/N-ethyl adjacent to an activating group) is 1. The molecule has 2 aromatic rings. The van der Waals surface area contributed by atoms with Gasteiger partial charge in [0, 0.05) is 19.0 Å². The molecule has 0 aliphatic heterocycles. The van der Waals surface area contributed by atoms with Crippen molar-refractivity contribution in [1.82, 2.24) is 14.9 Å². The van der Waals surface area contributed by atoms with E-state index in [4.69, 9.17) is 4.98 Å². The zero-order valence-electron chi connectivity index (χ0n) is 11.6. The molecule has 1 aromatic carbocycles. The minimum absolute atomic E-state index is 0.474. The van der Waals surface area contributed by atoms with Crippen molar-refractivity contribution in [3.63, 3.8) is 0 Å². The summed E-state index contributed by atoms with van der Waals surface area (Å²) in [6.07, 6.45) is 2.13. The van der Waals surface area contributed by atoms with Gasteiger partial charge in [-0.15, -0.1) is 0 Å². The van der Waals surface area contributed by atoms with Gasteiger partial charge in [-0.05, 0) is 32.0 Å². The fourth-order valence-corrected chi connectivity index (χ4v) is 2.45. The first-order valence-corrected chi connectivity index (χ1v) is 6.93. The van der Waals surface area contributed by atoms with Crippen LogP contribution in [0, 0.1) is 0 Å². The Bertz CT molecular complexity index is 501. The predicted octanol–water partition coefficient (Wildman–Crippen LogP) is 2.99. The molecule has 0 radical (unpaired) electrons. The molecule has 3 nitrogen and oxygen atoms in total. The molecule has 0 amide bonds. The van der Waals surface area contributed by atoms with Crippen LogP contribution in [0.3, 0.4) is 0 Å². The summed E-state index contributed by atoms with van der Waals surface area (Å²) >= 11 is 0. The number of para-hydroxylation sites is 2. The van der Waals surface area contributed by atoms with Crippen LogP contribution in [0.15, 0.2) is 24.3 Å². The van der Waals surface area contributed by atoms with E-state index in [0.717, 1.165) is 31.4 Å². The first-order chi connectivity index (χ1) is 8.76. The van der Waals surface area contributed by atoms with Gasteiger partial charge in [-0.1, -0.05) is 26.0 Å². The number of rotatable bonds is 6. The van der Waals surface area contributed by atoms with Gasteiger partial charge in [0.15, 0.2) is 0 Å². The maximum Gasteiger partial charge on any atom is 0.111 e. The Morgan fingerprint density at radius 3 is 2.78 bits per heavy atom. The van der Waals surface area contributed by atoms with Gasteiger partial charge < -0.3 is 9.88 Å². The van der Waals surface area contributed by atoms with Gasteiger partial charge in [-0.25, -0.2) is 4.98 Å². The number of aromatic nitrogens is 2. The standard InChI is InChI=1S/C15H23N3/c1-4-10-18-14-9-7-6-8-13(14)17-15(18)11-12(3)16-5-2/h6-9,12,16H,4-5,10-11H2,1-3H3. The Labute approximate surface area is 109 Å². The largest absolute Gasteiger partial charge is 0.328 e. The molecule has 0 fully saturated rings. The molecule has 0 bridgehead atoms. The van der Waals surface area contributed by atoms with E-state index in [1.807, 2.05) is 0 Å². The van der Waals surface area contributed by atoms with Crippen molar-refractivity contribution in [1.29, 1.82) is 0 Å². The third-order valence-corrected chi connectivity index (χ3v) is 3.22. The van der Waals surface area contributed by atoms with Gasteiger partial charge in [0.05, 0.1) is 11.0 Å². The Kier molecular flexibility index (Phi) is 4.37. The molecule has 1 aromatic heterocycles. The Balaban J connectivity index is 2.33. The lowest BCUT2D eigenvalue weighted by atomic mass is 10.2. The lowest BCUT2D eigenvalue weighted by Crippen LogP contribution is -2.28. The van der Waals surface area contributed by atoms with Crippen LogP contribution in [-0.4, -0.2) is 22.1 Å². The van der Waals surface area contributed by atoms with Crippen molar-refractivity contribution in [3.8, 4) is 0 Å². The van der Waals surface area contributed by atoms with Crippen LogP contribution in [0.2, 0.25) is 0 Å². The summed E-state index contributed by atoms with van der Waals surface area (Å²) in [6, 6.07) is 8.89. The van der Waals surface area contributed by atoms with Crippen molar-refractivity contribution in [2.45, 2.75) is 46.2 Å². The highest BCUT2D eigenvalue weighted by molar-refractivity contribution is 5.75. The Morgan fingerprint density at radius 2 is 2.06 bits per heavy atom. The van der Waals surface area contributed by atoms with Crippen LogP contribution in [0.1, 0.15) is 33.0 Å². The molecule has 0 saturated heterocycles. The number of nitrogens with one attached hydrogen (secondary N) is 1. The highest BCUT2D eigenvalue weighted by Gasteiger charge is 2.12. The Hall–Kier alpha value is -1.35. The van der Waals surface area contributed by atoms with Crippen molar-refractivity contribution >= 4 is 11.0 Å². The van der Waals surface area contributed by atoms with Crippen LogP contribution >= 0.6 is 0 Å². The fourth-order valence-electron chi connectivity index (χ4n) is 2.45. The number of hydrogen-bond acceptors (Lipinski definition) is 2. The predicted molar refractivity (Wildman–Crippen MR) is 76.9 cm³/mol. The van der Waals surface area contributed by atoms with E-state index in [0.29, 0.717) is 6.04 Å². The number of fused-ring (bicyclic) bond motifs is 1. The molecule has 2 rings (SSSR count). The molecule has 0 aliphatic rings. The monoisotopic (exact) mass is 245 g/mol. The summed E-state index contributed by atoms with van der Waals surface area (Å²) in [5.41, 5.74) is 2.38. The first-order valence-electron chi connectivity index (χ1n) is 6.93. The van der Waals surface area contributed by atoms with Gasteiger partial charge >= 0.3 is 0 Å². The normalized spacial score (nSPS) is 13.1. The number of imidazole rings is 1. The highest BCUT2D eigenvalue weighted by Crippen LogP contribution is 2.17. The fraction of sp³-hybridized carbons (Fsp3) is 0.533. The number of benzene rings is 1. The van der Waals surface area contributed by atoms with Gasteiger partial charge in [0.25, 0.3) is 0 Å². The van der Waals surface area contributed by atoms with Gasteiger partial charge in [0.2, 0.25) is 0 Å². The molecule has 1 N–H and O–H groups in total. The zero-order valence-corrected chi connectivity index (χ0v) is 11.6. The van der Waals surface area contributed by atoms with E-state index >= 15 is 0 Å². The zero-order chi connectivity index (χ0) is 13.0. The molecule has 1 unspecified atom stereocenters. The van der Waals surface area contributed by atoms with Crippen LogP contribution in [-0.2, 0) is 13.0 Å². The molecule has 0 spiro atoms. The summed E-state index contributed by atoms with van der Waals surface area (Å²) in [5, 5.41) is 3.45. The maximum atomic E-state index is 4.78. The van der Waals surface area contributed by atoms with E-state index in [-0.39, 0.29) is 0 Å². The van der Waals surface area contributed by atoms with Crippen LogP contribution < -0.4 is 5.32 Å². The van der Waals surface area contributed by atoms with Crippen molar-refractivity contribution < 1.29 is 0 Å². The van der Waals surface area contributed by atoms with Crippen molar-refractivity contribution in [3.05, 3.63) is 30.1 Å². The van der Waals surface area contributed by atoms with Crippen LogP contribution in [0.25, 0.3) is 11.0 Å². The van der Waals surface area contributed by atoms with Crippen molar-refractivity contribution in [2.75, 3.05) is 6.54 Å². The SMILES string of the molecule is CCCn1c(CC(C)NCC)nc2ccccc21. The van der Waals surface area contributed by atoms with E-state index in [1.165, 1.54) is 11.3 Å². The molecule has 1 atom stereocenters. The minimum atomic E-state index is 0.474. The van der Waals surface area contributed by atoms with E-state index in [1.54, 1.807) is 0 Å². The molecular weight excluding hydrogens is 222 g/mol. The third-order valence-electron chi connectivity index (χ3n) is 3.22. The molecule has 98 valence electrons. The third kappa shape index (κ3) is 2.72. The first kappa shape index (κ1) is 13.1. The lowest BCUT2D eigenvalue weighted by Gasteiger charge is -2.13. The minimum Gasteiger partial charge on any atom is -0.328 e. The van der Waals surface area contributed by atoms with Gasteiger partial charge in [-0.3, -0.25) is 0 Å². The lowest BCUT2D eigenvalue weighted by molar-refractivity contribution is 0.532. The number of aryl methyl sites for hydroxylation is 1. The number of hydrogen-bond donors (Lipinski definition) is 1. The summed E-state index contributed by atoms with van der Waals surface area (Å²) in [6.45, 7) is 8.64. The summed E-state index contributed by atoms with van der Waals surface area (Å²) in [4.78, 5) is 4.78. The van der Waals surface area contributed by atoms with Crippen LogP contribution in [0.4, 0.5) is 0 Å². The van der Waals surface area contributed by atoms with Gasteiger partial charge in [-0.2, -0.15) is 0 Å². The maximum absolute atomic E-state index is 4.78. The molecule has 3 heteroatoms. The molecule has 1 heterocycles. The second-order valence-electron chi connectivity index (χ2n) is 4.83.